The molecule has 0 saturated carbocycles. The van der Waals surface area contributed by atoms with Gasteiger partial charge in [-0.3, -0.25) is 4.79 Å². The molecule has 0 heterocycles. The van der Waals surface area contributed by atoms with E-state index in [-0.39, 0.29) is 24.2 Å². The lowest BCUT2D eigenvalue weighted by molar-refractivity contribution is 0.0942. The Morgan fingerprint density at radius 1 is 1.56 bits per heavy atom. The van der Waals surface area contributed by atoms with E-state index in [2.05, 4.69) is 5.32 Å². The van der Waals surface area contributed by atoms with Gasteiger partial charge < -0.3 is 10.4 Å². The molecule has 0 aliphatic heterocycles. The van der Waals surface area contributed by atoms with E-state index in [1.165, 1.54) is 18.2 Å². The molecule has 16 heavy (non-hydrogen) atoms. The Morgan fingerprint density at radius 3 is 2.81 bits per heavy atom. The predicted molar refractivity (Wildman–Crippen MR) is 59.7 cm³/mol. The third kappa shape index (κ3) is 3.31. The smallest absolute Gasteiger partial charge is 0.251 e. The van der Waals surface area contributed by atoms with E-state index in [1.807, 2.05) is 6.92 Å². The minimum Gasteiger partial charge on any atom is -0.396 e. The van der Waals surface area contributed by atoms with Gasteiger partial charge in [-0.05, 0) is 36.6 Å². The highest BCUT2D eigenvalue weighted by Crippen LogP contribution is 2.09. The average molecular weight is 225 g/mol. The monoisotopic (exact) mass is 225 g/mol. The van der Waals surface area contributed by atoms with Gasteiger partial charge in [-0.15, -0.1) is 0 Å². The lowest BCUT2D eigenvalue weighted by Gasteiger charge is -2.10. The van der Waals surface area contributed by atoms with Crippen LogP contribution in [0.3, 0.4) is 0 Å². The van der Waals surface area contributed by atoms with Crippen LogP contribution < -0.4 is 5.32 Å². The van der Waals surface area contributed by atoms with Crippen molar-refractivity contribution in [3.05, 3.63) is 35.1 Å². The Labute approximate surface area is 94.3 Å². The normalized spacial score (nSPS) is 12.2. The molecular weight excluding hydrogens is 209 g/mol. The molecule has 4 heteroatoms. The first-order chi connectivity index (χ1) is 7.54. The van der Waals surface area contributed by atoms with Gasteiger partial charge in [-0.2, -0.15) is 0 Å². The SMILES string of the molecule is Cc1cc(C(=O)NCC(C)CO)ccc1F. The van der Waals surface area contributed by atoms with Crippen LogP contribution in [0.2, 0.25) is 0 Å². The summed E-state index contributed by atoms with van der Waals surface area (Å²) in [4.78, 5) is 11.6. The molecule has 2 N–H and O–H groups in total. The minimum atomic E-state index is -0.319. The van der Waals surface area contributed by atoms with Gasteiger partial charge in [-0.1, -0.05) is 6.92 Å². The van der Waals surface area contributed by atoms with Crippen molar-refractivity contribution in [2.24, 2.45) is 5.92 Å². The van der Waals surface area contributed by atoms with Crippen LogP contribution in [0.15, 0.2) is 18.2 Å². The van der Waals surface area contributed by atoms with Gasteiger partial charge in [0.05, 0.1) is 0 Å². The third-order valence-corrected chi connectivity index (χ3v) is 2.34. The number of halogens is 1. The van der Waals surface area contributed by atoms with E-state index in [4.69, 9.17) is 5.11 Å². The fourth-order valence-electron chi connectivity index (χ4n) is 1.22. The molecular formula is C12H16FNO2. The molecule has 0 saturated heterocycles. The van der Waals surface area contributed by atoms with Crippen LogP contribution in [-0.4, -0.2) is 24.2 Å². The Balaban J connectivity index is 2.63. The third-order valence-electron chi connectivity index (χ3n) is 2.34. The molecule has 0 aliphatic carbocycles. The number of hydrogen-bond donors (Lipinski definition) is 2. The molecule has 1 amide bonds. The quantitative estimate of drug-likeness (QED) is 0.815. The number of nitrogens with one attached hydrogen (secondary N) is 1. The number of aliphatic hydroxyl groups is 1. The maximum atomic E-state index is 13.0. The topological polar surface area (TPSA) is 49.3 Å². The van der Waals surface area contributed by atoms with Crippen LogP contribution in [0.1, 0.15) is 22.8 Å². The molecule has 1 unspecified atom stereocenters. The van der Waals surface area contributed by atoms with E-state index in [0.717, 1.165) is 0 Å². The maximum absolute atomic E-state index is 13.0. The van der Waals surface area contributed by atoms with E-state index in [9.17, 15) is 9.18 Å². The molecule has 88 valence electrons. The number of aryl methyl sites for hydroxylation is 1. The number of carbonyl (C=O) groups excluding carboxylic acids is 1. The summed E-state index contributed by atoms with van der Waals surface area (Å²) < 4.78 is 13.0. The molecule has 0 aliphatic rings. The van der Waals surface area contributed by atoms with Crippen molar-refractivity contribution in [3.8, 4) is 0 Å². The van der Waals surface area contributed by atoms with Crippen LogP contribution in [0.4, 0.5) is 4.39 Å². The molecule has 1 aromatic carbocycles. The number of carbonyl (C=O) groups is 1. The van der Waals surface area contributed by atoms with Crippen LogP contribution in [0.5, 0.6) is 0 Å². The molecule has 0 spiro atoms. The number of hydrogen-bond acceptors (Lipinski definition) is 2. The summed E-state index contributed by atoms with van der Waals surface area (Å²) in [6.07, 6.45) is 0. The Bertz CT molecular complexity index is 379. The number of aliphatic hydroxyl groups excluding tert-OH is 1. The first kappa shape index (κ1) is 12.6. The van der Waals surface area contributed by atoms with Crippen molar-refractivity contribution in [1.82, 2.24) is 5.32 Å². The zero-order valence-electron chi connectivity index (χ0n) is 9.46. The lowest BCUT2D eigenvalue weighted by Crippen LogP contribution is -2.29. The van der Waals surface area contributed by atoms with Gasteiger partial charge in [0.25, 0.3) is 5.91 Å². The van der Waals surface area contributed by atoms with E-state index in [1.54, 1.807) is 6.92 Å². The van der Waals surface area contributed by atoms with Gasteiger partial charge in [0, 0.05) is 18.7 Å². The molecule has 0 aromatic heterocycles. The van der Waals surface area contributed by atoms with Crippen molar-refractivity contribution in [2.45, 2.75) is 13.8 Å². The summed E-state index contributed by atoms with van der Waals surface area (Å²) in [6.45, 7) is 3.88. The van der Waals surface area contributed by atoms with Gasteiger partial charge in [0.15, 0.2) is 0 Å². The van der Waals surface area contributed by atoms with Crippen molar-refractivity contribution >= 4 is 5.91 Å². The molecule has 1 aromatic rings. The summed E-state index contributed by atoms with van der Waals surface area (Å²) in [6, 6.07) is 4.23. The van der Waals surface area contributed by atoms with Crippen LogP contribution in [-0.2, 0) is 0 Å². The Hall–Kier alpha value is -1.42. The molecule has 0 bridgehead atoms. The molecule has 3 nitrogen and oxygen atoms in total. The second kappa shape index (κ2) is 5.61. The van der Waals surface area contributed by atoms with Crippen LogP contribution in [0.25, 0.3) is 0 Å². The van der Waals surface area contributed by atoms with E-state index < -0.39 is 0 Å². The largest absolute Gasteiger partial charge is 0.396 e. The summed E-state index contributed by atoms with van der Waals surface area (Å²) in [5, 5.41) is 11.5. The fraction of sp³-hybridized carbons (Fsp3) is 0.417. The second-order valence-electron chi connectivity index (χ2n) is 3.96. The van der Waals surface area contributed by atoms with Crippen molar-refractivity contribution < 1.29 is 14.3 Å². The molecule has 0 radical (unpaired) electrons. The number of amides is 1. The van der Waals surface area contributed by atoms with Crippen LogP contribution >= 0.6 is 0 Å². The summed E-state index contributed by atoms with van der Waals surface area (Å²) >= 11 is 0. The standard InChI is InChI=1S/C12H16FNO2/c1-8(7-15)6-14-12(16)10-3-4-11(13)9(2)5-10/h3-5,8,15H,6-7H2,1-2H3,(H,14,16). The maximum Gasteiger partial charge on any atom is 0.251 e. The highest BCUT2D eigenvalue weighted by atomic mass is 19.1. The van der Waals surface area contributed by atoms with Crippen molar-refractivity contribution in [1.29, 1.82) is 0 Å². The van der Waals surface area contributed by atoms with E-state index in [0.29, 0.717) is 17.7 Å². The van der Waals surface area contributed by atoms with Crippen molar-refractivity contribution in [2.75, 3.05) is 13.2 Å². The first-order valence-electron chi connectivity index (χ1n) is 5.19. The first-order valence-corrected chi connectivity index (χ1v) is 5.19. The lowest BCUT2D eigenvalue weighted by atomic mass is 10.1. The number of benzene rings is 1. The van der Waals surface area contributed by atoms with Gasteiger partial charge >= 0.3 is 0 Å². The van der Waals surface area contributed by atoms with Crippen LogP contribution in [0, 0.1) is 18.7 Å². The Morgan fingerprint density at radius 2 is 2.25 bits per heavy atom. The Kier molecular flexibility index (Phi) is 4.43. The highest BCUT2D eigenvalue weighted by Gasteiger charge is 2.08. The zero-order valence-corrected chi connectivity index (χ0v) is 9.46. The van der Waals surface area contributed by atoms with Gasteiger partial charge in [0.2, 0.25) is 0 Å². The molecule has 1 atom stereocenters. The minimum absolute atomic E-state index is 0.0190. The average Bonchev–Trinajstić information content (AvgIpc) is 2.29. The second-order valence-corrected chi connectivity index (χ2v) is 3.96. The summed E-state index contributed by atoms with van der Waals surface area (Å²) in [5.41, 5.74) is 0.881. The molecule has 1 rings (SSSR count). The summed E-state index contributed by atoms with van der Waals surface area (Å²) in [7, 11) is 0. The highest BCUT2D eigenvalue weighted by molar-refractivity contribution is 5.94. The van der Waals surface area contributed by atoms with E-state index >= 15 is 0 Å². The van der Waals surface area contributed by atoms with Gasteiger partial charge in [0.1, 0.15) is 5.82 Å². The zero-order chi connectivity index (χ0) is 12.1. The molecule has 0 fully saturated rings. The summed E-state index contributed by atoms with van der Waals surface area (Å²) in [5.74, 6) is -0.547. The predicted octanol–water partition coefficient (Wildman–Crippen LogP) is 1.49. The van der Waals surface area contributed by atoms with Crippen molar-refractivity contribution in [3.63, 3.8) is 0 Å². The fourth-order valence-corrected chi connectivity index (χ4v) is 1.22. The van der Waals surface area contributed by atoms with Gasteiger partial charge in [-0.25, -0.2) is 4.39 Å². The number of rotatable bonds is 4.